The molecule has 0 atom stereocenters. The van der Waals surface area contributed by atoms with E-state index >= 15 is 0 Å². The van der Waals surface area contributed by atoms with E-state index in [0.717, 1.165) is 27.4 Å². The summed E-state index contributed by atoms with van der Waals surface area (Å²) in [6.07, 6.45) is -1.56. The van der Waals surface area contributed by atoms with Crippen LogP contribution < -0.4 is 0 Å². The van der Waals surface area contributed by atoms with Crippen LogP contribution in [-0.2, 0) is 7.05 Å². The van der Waals surface area contributed by atoms with Crippen LogP contribution in [0.25, 0.3) is 5.57 Å². The number of carbonyl (C=O) groups excluding carboxylic acids is 1. The molecule has 1 heterocycles. The zero-order valence-electron chi connectivity index (χ0n) is 14.4. The summed E-state index contributed by atoms with van der Waals surface area (Å²) in [7, 11) is 1.19. The molecule has 9 heteroatoms. The van der Waals surface area contributed by atoms with E-state index < -0.39 is 29.5 Å². The zero-order valence-corrected chi connectivity index (χ0v) is 17.5. The summed E-state index contributed by atoms with van der Waals surface area (Å²) >= 11 is 6.88. The van der Waals surface area contributed by atoms with Gasteiger partial charge < -0.3 is 4.90 Å². The Balaban J connectivity index is 1.92. The van der Waals surface area contributed by atoms with Crippen molar-refractivity contribution in [3.05, 3.63) is 56.5 Å². The maximum atomic E-state index is 14.3. The molecule has 0 spiro atoms. The van der Waals surface area contributed by atoms with E-state index in [0.29, 0.717) is 10.3 Å². The van der Waals surface area contributed by atoms with Gasteiger partial charge in [0.05, 0.1) is 0 Å². The van der Waals surface area contributed by atoms with Crippen LogP contribution in [0.3, 0.4) is 0 Å². The molecule has 3 rings (SSSR count). The fraction of sp³-hybridized carbons (Fsp3) is 0.333. The highest BCUT2D eigenvalue weighted by atomic mass is 79.9. The average Bonchev–Trinajstić information content (AvgIpc) is 3.40. The fourth-order valence-corrected chi connectivity index (χ4v) is 3.75. The first kappa shape index (κ1) is 20.1. The Morgan fingerprint density at radius 1 is 1.41 bits per heavy atom. The van der Waals surface area contributed by atoms with Crippen molar-refractivity contribution >= 4 is 43.3 Å². The topological polar surface area (TPSA) is 38.1 Å². The van der Waals surface area contributed by atoms with E-state index in [-0.39, 0.29) is 12.6 Å². The summed E-state index contributed by atoms with van der Waals surface area (Å²) < 4.78 is 43.1. The Bertz CT molecular complexity index is 909. The van der Waals surface area contributed by atoms with Gasteiger partial charge in [0.25, 0.3) is 12.3 Å². The molecule has 1 aromatic carbocycles. The van der Waals surface area contributed by atoms with Crippen LogP contribution in [-0.4, -0.2) is 33.2 Å². The summed E-state index contributed by atoms with van der Waals surface area (Å²) in [6.45, 7) is 4.14. The van der Waals surface area contributed by atoms with Crippen molar-refractivity contribution in [2.24, 2.45) is 7.05 Å². The predicted molar refractivity (Wildman–Crippen MR) is 103 cm³/mol. The lowest BCUT2D eigenvalue weighted by Gasteiger charge is -2.24. The Kier molecular flexibility index (Phi) is 5.81. The first-order valence-corrected chi connectivity index (χ1v) is 9.74. The van der Waals surface area contributed by atoms with Gasteiger partial charge in [-0.25, -0.2) is 13.5 Å². The van der Waals surface area contributed by atoms with E-state index in [1.165, 1.54) is 11.9 Å². The number of carbonyl (C=O) groups is 1. The molecule has 1 fully saturated rings. The van der Waals surface area contributed by atoms with E-state index in [1.807, 2.05) is 18.2 Å². The molecule has 1 amide bonds. The number of hydrogen-bond donors (Lipinski definition) is 0. The minimum absolute atomic E-state index is 0.107. The van der Waals surface area contributed by atoms with E-state index in [9.17, 15) is 18.0 Å². The van der Waals surface area contributed by atoms with Crippen molar-refractivity contribution in [1.29, 1.82) is 0 Å². The van der Waals surface area contributed by atoms with Crippen LogP contribution in [0.15, 0.2) is 33.7 Å². The highest BCUT2D eigenvalue weighted by Crippen LogP contribution is 2.35. The Morgan fingerprint density at radius 3 is 2.67 bits per heavy atom. The van der Waals surface area contributed by atoms with Crippen LogP contribution >= 0.6 is 31.9 Å². The summed E-state index contributed by atoms with van der Waals surface area (Å²) in [5.41, 5.74) is -0.102. The van der Waals surface area contributed by atoms with E-state index in [1.54, 1.807) is 0 Å². The molecule has 1 saturated carbocycles. The number of benzene rings is 1. The van der Waals surface area contributed by atoms with Crippen LogP contribution in [0.2, 0.25) is 0 Å². The lowest BCUT2D eigenvalue weighted by molar-refractivity contribution is 0.0747. The maximum absolute atomic E-state index is 14.3. The maximum Gasteiger partial charge on any atom is 0.283 e. The molecule has 1 aromatic heterocycles. The average molecular weight is 507 g/mol. The van der Waals surface area contributed by atoms with Crippen LogP contribution in [0.1, 0.15) is 40.9 Å². The number of aryl methyl sites for hydroxylation is 1. The first-order valence-electron chi connectivity index (χ1n) is 8.16. The molecule has 0 unspecified atom stereocenters. The number of alkyl halides is 2. The number of aromatic nitrogens is 2. The second kappa shape index (κ2) is 7.79. The highest BCUT2D eigenvalue weighted by molar-refractivity contribution is 9.13. The SMILES string of the molecule is C=C(CN(C(=O)c1c(C(F)F)nn(C)c1F)C1CC1)c1cccc(Br)c1Br. The van der Waals surface area contributed by atoms with Gasteiger partial charge in [-0.15, -0.1) is 0 Å². The molecular weight excluding hydrogens is 491 g/mol. The summed E-state index contributed by atoms with van der Waals surface area (Å²) in [6, 6.07) is 5.39. The number of rotatable bonds is 6. The van der Waals surface area contributed by atoms with Crippen molar-refractivity contribution in [3.63, 3.8) is 0 Å². The minimum Gasteiger partial charge on any atom is -0.331 e. The number of nitrogens with zero attached hydrogens (tertiary/aromatic N) is 3. The standard InChI is InChI=1S/C18H16Br2F3N3O/c1-9(11-4-3-5-12(19)14(11)20)8-26(10-6-7-10)18(27)13-15(16(21)22)24-25(2)17(13)23/h3-5,10,16H,1,6-8H2,2H3. The zero-order chi connectivity index (χ0) is 19.9. The second-order valence-corrected chi connectivity index (χ2v) is 7.99. The lowest BCUT2D eigenvalue weighted by Crippen LogP contribution is -2.35. The molecule has 0 bridgehead atoms. The summed E-state index contributed by atoms with van der Waals surface area (Å²) in [5.74, 6) is -1.85. The van der Waals surface area contributed by atoms with Gasteiger partial charge in [0.15, 0.2) is 0 Å². The van der Waals surface area contributed by atoms with Crippen LogP contribution in [0.5, 0.6) is 0 Å². The van der Waals surface area contributed by atoms with Gasteiger partial charge in [-0.05, 0) is 61.9 Å². The van der Waals surface area contributed by atoms with Crippen LogP contribution in [0, 0.1) is 5.95 Å². The van der Waals surface area contributed by atoms with Gasteiger partial charge in [0.2, 0.25) is 5.95 Å². The fourth-order valence-electron chi connectivity index (χ4n) is 2.84. The largest absolute Gasteiger partial charge is 0.331 e. The minimum atomic E-state index is -3.04. The molecule has 4 nitrogen and oxygen atoms in total. The molecule has 1 aliphatic carbocycles. The van der Waals surface area contributed by atoms with Gasteiger partial charge >= 0.3 is 0 Å². The van der Waals surface area contributed by atoms with Gasteiger partial charge in [-0.2, -0.15) is 9.49 Å². The lowest BCUT2D eigenvalue weighted by atomic mass is 10.1. The first-order chi connectivity index (χ1) is 12.7. The molecular formula is C18H16Br2F3N3O. The molecule has 0 saturated heterocycles. The van der Waals surface area contributed by atoms with Crippen molar-refractivity contribution in [3.8, 4) is 0 Å². The van der Waals surface area contributed by atoms with Crippen molar-refractivity contribution < 1.29 is 18.0 Å². The van der Waals surface area contributed by atoms with E-state index in [4.69, 9.17) is 0 Å². The van der Waals surface area contributed by atoms with Gasteiger partial charge in [-0.1, -0.05) is 18.7 Å². The number of amides is 1. The number of hydrogen-bond acceptors (Lipinski definition) is 2. The van der Waals surface area contributed by atoms with Crippen molar-refractivity contribution in [1.82, 2.24) is 14.7 Å². The third-order valence-corrected chi connectivity index (χ3v) is 6.41. The summed E-state index contributed by atoms with van der Waals surface area (Å²) in [5, 5.41) is 3.46. The molecule has 0 radical (unpaired) electrons. The molecule has 2 aromatic rings. The Morgan fingerprint density at radius 2 is 2.07 bits per heavy atom. The normalized spacial score (nSPS) is 13.9. The monoisotopic (exact) mass is 505 g/mol. The van der Waals surface area contributed by atoms with Gasteiger partial charge in [0.1, 0.15) is 11.3 Å². The van der Waals surface area contributed by atoms with Gasteiger partial charge in [-0.3, -0.25) is 4.79 Å². The van der Waals surface area contributed by atoms with Gasteiger partial charge in [0, 0.05) is 28.6 Å². The third kappa shape index (κ3) is 3.99. The molecule has 0 N–H and O–H groups in total. The highest BCUT2D eigenvalue weighted by Gasteiger charge is 2.38. The molecule has 144 valence electrons. The smallest absolute Gasteiger partial charge is 0.283 e. The number of halogens is 5. The van der Waals surface area contributed by atoms with Crippen molar-refractivity contribution in [2.45, 2.75) is 25.3 Å². The van der Waals surface area contributed by atoms with E-state index in [2.05, 4.69) is 43.5 Å². The Labute approximate surface area is 171 Å². The molecule has 0 aliphatic heterocycles. The van der Waals surface area contributed by atoms with Crippen LogP contribution in [0.4, 0.5) is 13.2 Å². The summed E-state index contributed by atoms with van der Waals surface area (Å²) in [4.78, 5) is 14.3. The third-order valence-electron chi connectivity index (χ3n) is 4.37. The molecule has 27 heavy (non-hydrogen) atoms. The Hall–Kier alpha value is -1.61. The van der Waals surface area contributed by atoms with Crippen molar-refractivity contribution in [2.75, 3.05) is 6.54 Å². The quantitative estimate of drug-likeness (QED) is 0.530. The second-order valence-electron chi connectivity index (χ2n) is 6.34. The predicted octanol–water partition coefficient (Wildman–Crippen LogP) is 5.34. The molecule has 1 aliphatic rings.